The number of benzene rings is 1. The molecule has 0 unspecified atom stereocenters. The Morgan fingerprint density at radius 2 is 1.68 bits per heavy atom. The van der Waals surface area contributed by atoms with Gasteiger partial charge >= 0.3 is 0 Å². The summed E-state index contributed by atoms with van der Waals surface area (Å²) in [5.41, 5.74) is 3.14. The molecular formula is C16H21NO2. The Bertz CT molecular complexity index is 600. The van der Waals surface area contributed by atoms with Gasteiger partial charge in [-0.2, -0.15) is 0 Å². The molecule has 0 aliphatic rings. The van der Waals surface area contributed by atoms with Gasteiger partial charge in [0.15, 0.2) is 0 Å². The number of aryl methyl sites for hydroxylation is 2. The maximum Gasteiger partial charge on any atom is 0.250 e. The Morgan fingerprint density at radius 3 is 2.26 bits per heavy atom. The molecule has 2 aromatic rings. The second kappa shape index (κ2) is 6.78. The molecule has 1 heterocycles. The zero-order valence-electron chi connectivity index (χ0n) is 12.2. The van der Waals surface area contributed by atoms with Crippen molar-refractivity contribution in [1.82, 2.24) is 4.57 Å². The lowest BCUT2D eigenvalue weighted by molar-refractivity contribution is 0.412. The summed E-state index contributed by atoms with van der Waals surface area (Å²) in [4.78, 5) is 11.3. The quantitative estimate of drug-likeness (QED) is 0.827. The third-order valence-electron chi connectivity index (χ3n) is 2.83. The lowest BCUT2D eigenvalue weighted by Crippen LogP contribution is -2.13. The zero-order chi connectivity index (χ0) is 14.4. The summed E-state index contributed by atoms with van der Waals surface area (Å²) < 4.78 is 6.86. The average Bonchev–Trinajstić information content (AvgIpc) is 2.45. The summed E-state index contributed by atoms with van der Waals surface area (Å²) >= 11 is 0. The summed E-state index contributed by atoms with van der Waals surface area (Å²) in [6.45, 7) is 6.00. The third kappa shape index (κ3) is 3.47. The van der Waals surface area contributed by atoms with E-state index in [-0.39, 0.29) is 5.56 Å². The maximum atomic E-state index is 11.3. The van der Waals surface area contributed by atoms with E-state index in [0.29, 0.717) is 0 Å². The minimum absolute atomic E-state index is 0.00664. The van der Waals surface area contributed by atoms with Crippen LogP contribution in [0.2, 0.25) is 0 Å². The van der Waals surface area contributed by atoms with Crippen LogP contribution in [0.25, 0.3) is 11.1 Å². The molecule has 0 aliphatic heterocycles. The summed E-state index contributed by atoms with van der Waals surface area (Å²) in [5.74, 6) is 0.858. The number of pyridine rings is 1. The van der Waals surface area contributed by atoms with Gasteiger partial charge in [-0.3, -0.25) is 4.79 Å². The molecule has 0 radical (unpaired) electrons. The van der Waals surface area contributed by atoms with Crippen LogP contribution in [-0.4, -0.2) is 11.7 Å². The monoisotopic (exact) mass is 259 g/mol. The van der Waals surface area contributed by atoms with E-state index in [1.807, 2.05) is 51.2 Å². The van der Waals surface area contributed by atoms with Gasteiger partial charge in [0, 0.05) is 19.3 Å². The van der Waals surface area contributed by atoms with E-state index < -0.39 is 0 Å². The fraction of sp³-hybridized carbons (Fsp3) is 0.312. The standard InChI is InChI=1S/C14H15NO2.C2H6/c1-10-4-5-11(8-13(10)17-3)12-6-7-14(16)15(2)9-12;1-2/h4-9H,1-3H3;1-2H3. The number of hydrogen-bond donors (Lipinski definition) is 0. The lowest BCUT2D eigenvalue weighted by Gasteiger charge is -2.08. The molecule has 1 aromatic carbocycles. The number of rotatable bonds is 2. The van der Waals surface area contributed by atoms with Crippen molar-refractivity contribution in [1.29, 1.82) is 0 Å². The summed E-state index contributed by atoms with van der Waals surface area (Å²) in [6, 6.07) is 9.42. The van der Waals surface area contributed by atoms with Crippen molar-refractivity contribution in [2.75, 3.05) is 7.11 Å². The number of aromatic nitrogens is 1. The Kier molecular flexibility index (Phi) is 5.37. The molecule has 0 bridgehead atoms. The first kappa shape index (κ1) is 15.0. The van der Waals surface area contributed by atoms with Crippen molar-refractivity contribution >= 4 is 0 Å². The van der Waals surface area contributed by atoms with E-state index in [9.17, 15) is 4.79 Å². The number of hydrogen-bond acceptors (Lipinski definition) is 2. The van der Waals surface area contributed by atoms with E-state index in [0.717, 1.165) is 22.4 Å². The lowest BCUT2D eigenvalue weighted by atomic mass is 10.1. The van der Waals surface area contributed by atoms with E-state index in [1.165, 1.54) is 0 Å². The molecule has 0 amide bonds. The van der Waals surface area contributed by atoms with Crippen molar-refractivity contribution in [3.63, 3.8) is 0 Å². The highest BCUT2D eigenvalue weighted by Gasteiger charge is 2.03. The van der Waals surface area contributed by atoms with Crippen LogP contribution in [0.4, 0.5) is 0 Å². The van der Waals surface area contributed by atoms with Gasteiger partial charge < -0.3 is 9.30 Å². The second-order valence-corrected chi connectivity index (χ2v) is 4.05. The minimum Gasteiger partial charge on any atom is -0.496 e. The van der Waals surface area contributed by atoms with Crippen molar-refractivity contribution in [3.8, 4) is 16.9 Å². The molecule has 0 aliphatic carbocycles. The first-order valence-corrected chi connectivity index (χ1v) is 6.43. The average molecular weight is 259 g/mol. The van der Waals surface area contributed by atoms with Crippen LogP contribution in [0.1, 0.15) is 19.4 Å². The maximum absolute atomic E-state index is 11.3. The largest absolute Gasteiger partial charge is 0.496 e. The van der Waals surface area contributed by atoms with Gasteiger partial charge in [-0.25, -0.2) is 0 Å². The molecule has 3 nitrogen and oxygen atoms in total. The molecule has 0 saturated heterocycles. The SMILES string of the molecule is CC.COc1cc(-c2ccc(=O)n(C)c2)ccc1C. The van der Waals surface area contributed by atoms with E-state index in [1.54, 1.807) is 24.8 Å². The Labute approximate surface area is 114 Å². The van der Waals surface area contributed by atoms with E-state index in [2.05, 4.69) is 0 Å². The van der Waals surface area contributed by atoms with Crippen LogP contribution >= 0.6 is 0 Å². The first-order chi connectivity index (χ1) is 9.11. The summed E-state index contributed by atoms with van der Waals surface area (Å²) in [7, 11) is 3.41. The predicted molar refractivity (Wildman–Crippen MR) is 79.8 cm³/mol. The Hall–Kier alpha value is -2.03. The van der Waals surface area contributed by atoms with Crippen molar-refractivity contribution in [2.24, 2.45) is 7.05 Å². The van der Waals surface area contributed by atoms with Gasteiger partial charge in [0.2, 0.25) is 5.56 Å². The van der Waals surface area contributed by atoms with Gasteiger partial charge in [0.25, 0.3) is 0 Å². The van der Waals surface area contributed by atoms with Gasteiger partial charge in [-0.1, -0.05) is 26.0 Å². The van der Waals surface area contributed by atoms with Gasteiger partial charge in [-0.15, -0.1) is 0 Å². The molecule has 102 valence electrons. The highest BCUT2D eigenvalue weighted by molar-refractivity contribution is 5.65. The highest BCUT2D eigenvalue weighted by Crippen LogP contribution is 2.25. The molecule has 3 heteroatoms. The molecule has 0 atom stereocenters. The van der Waals surface area contributed by atoms with Gasteiger partial charge in [0.1, 0.15) is 5.75 Å². The first-order valence-electron chi connectivity index (χ1n) is 6.43. The van der Waals surface area contributed by atoms with Crippen molar-refractivity contribution < 1.29 is 4.74 Å². The smallest absolute Gasteiger partial charge is 0.250 e. The molecule has 0 fully saturated rings. The zero-order valence-corrected chi connectivity index (χ0v) is 12.2. The molecular weight excluding hydrogens is 238 g/mol. The molecule has 0 N–H and O–H groups in total. The van der Waals surface area contributed by atoms with E-state index in [4.69, 9.17) is 4.74 Å². The van der Waals surface area contributed by atoms with Crippen molar-refractivity contribution in [3.05, 3.63) is 52.4 Å². The molecule has 2 rings (SSSR count). The molecule has 1 aromatic heterocycles. The predicted octanol–water partition coefficient (Wildman–Crippen LogP) is 3.40. The number of methoxy groups -OCH3 is 1. The fourth-order valence-electron chi connectivity index (χ4n) is 1.76. The number of ether oxygens (including phenoxy) is 1. The van der Waals surface area contributed by atoms with Gasteiger partial charge in [-0.05, 0) is 35.7 Å². The van der Waals surface area contributed by atoms with Crippen molar-refractivity contribution in [2.45, 2.75) is 20.8 Å². The normalized spacial score (nSPS) is 9.53. The third-order valence-corrected chi connectivity index (χ3v) is 2.83. The number of nitrogens with zero attached hydrogens (tertiary/aromatic N) is 1. The minimum atomic E-state index is -0.00664. The van der Waals surface area contributed by atoms with Crippen LogP contribution in [0.3, 0.4) is 0 Å². The van der Waals surface area contributed by atoms with Crippen LogP contribution in [-0.2, 0) is 7.05 Å². The fourth-order valence-corrected chi connectivity index (χ4v) is 1.76. The van der Waals surface area contributed by atoms with Crippen LogP contribution in [0.15, 0.2) is 41.3 Å². The summed E-state index contributed by atoms with van der Waals surface area (Å²) in [6.07, 6.45) is 1.83. The highest BCUT2D eigenvalue weighted by atomic mass is 16.5. The Balaban J connectivity index is 0.000000861. The van der Waals surface area contributed by atoms with Crippen LogP contribution < -0.4 is 10.3 Å². The van der Waals surface area contributed by atoms with Gasteiger partial charge in [0.05, 0.1) is 7.11 Å². The van der Waals surface area contributed by atoms with Crippen LogP contribution in [0, 0.1) is 6.92 Å². The molecule has 0 spiro atoms. The van der Waals surface area contributed by atoms with Crippen LogP contribution in [0.5, 0.6) is 5.75 Å². The topological polar surface area (TPSA) is 31.2 Å². The summed E-state index contributed by atoms with van der Waals surface area (Å²) in [5, 5.41) is 0. The molecule has 0 saturated carbocycles. The Morgan fingerprint density at radius 1 is 1.05 bits per heavy atom. The second-order valence-electron chi connectivity index (χ2n) is 4.05. The van der Waals surface area contributed by atoms with E-state index >= 15 is 0 Å². The molecule has 19 heavy (non-hydrogen) atoms.